The molecule has 1 rings (SSSR count). The lowest BCUT2D eigenvalue weighted by molar-refractivity contribution is -0.147. The molecule has 0 spiro atoms. The van der Waals surface area contributed by atoms with E-state index in [9.17, 15) is 25.2 Å². The summed E-state index contributed by atoms with van der Waals surface area (Å²) in [6.45, 7) is 10.0. The summed E-state index contributed by atoms with van der Waals surface area (Å²) >= 11 is 0. The Morgan fingerprint density at radius 2 is 1.41 bits per heavy atom. The Hall–Kier alpha value is -1.91. The summed E-state index contributed by atoms with van der Waals surface area (Å²) in [5.41, 5.74) is 1.02. The van der Waals surface area contributed by atoms with Crippen LogP contribution in [0.5, 0.6) is 17.2 Å². The first-order valence-corrected chi connectivity index (χ1v) is 9.84. The van der Waals surface area contributed by atoms with E-state index in [1.54, 1.807) is 19.9 Å². The number of carboxylic acids is 1. The second-order valence-corrected chi connectivity index (χ2v) is 9.39. The van der Waals surface area contributed by atoms with Crippen molar-refractivity contribution < 1.29 is 25.2 Å². The topological polar surface area (TPSA) is 98.0 Å². The van der Waals surface area contributed by atoms with Crippen LogP contribution in [0.2, 0.25) is 0 Å². The molecule has 27 heavy (non-hydrogen) atoms. The van der Waals surface area contributed by atoms with E-state index in [-0.39, 0.29) is 16.9 Å². The number of benzene rings is 1. The van der Waals surface area contributed by atoms with Crippen molar-refractivity contribution in [3.8, 4) is 17.2 Å². The van der Waals surface area contributed by atoms with Gasteiger partial charge in [0.05, 0.1) is 5.41 Å². The first-order chi connectivity index (χ1) is 12.3. The fraction of sp³-hybridized carbons (Fsp3) is 0.682. The minimum Gasteiger partial charge on any atom is -0.504 e. The highest BCUT2D eigenvalue weighted by Gasteiger charge is 2.26. The Balaban J connectivity index is 2.76. The fourth-order valence-corrected chi connectivity index (χ4v) is 3.19. The number of aryl methyl sites for hydroxylation is 1. The van der Waals surface area contributed by atoms with Crippen LogP contribution in [0.4, 0.5) is 0 Å². The minimum absolute atomic E-state index is 0.252. The van der Waals surface area contributed by atoms with E-state index >= 15 is 0 Å². The summed E-state index contributed by atoms with van der Waals surface area (Å²) in [6, 6.07) is 1.54. The molecular formula is C22H36O5. The summed E-state index contributed by atoms with van der Waals surface area (Å²) < 4.78 is 0. The predicted octanol–water partition coefficient (Wildman–Crippen LogP) is 5.39. The number of phenols is 3. The molecule has 0 saturated carbocycles. The molecule has 154 valence electrons. The molecule has 1 aromatic carbocycles. The van der Waals surface area contributed by atoms with E-state index in [1.807, 2.05) is 0 Å². The van der Waals surface area contributed by atoms with E-state index < -0.39 is 17.1 Å². The van der Waals surface area contributed by atoms with Crippen molar-refractivity contribution in [1.82, 2.24) is 0 Å². The van der Waals surface area contributed by atoms with Gasteiger partial charge in [-0.2, -0.15) is 0 Å². The maximum Gasteiger partial charge on any atom is 0.309 e. The highest BCUT2D eigenvalue weighted by Crippen LogP contribution is 2.41. The molecule has 5 nitrogen and oxygen atoms in total. The Morgan fingerprint density at radius 3 is 1.96 bits per heavy atom. The first-order valence-electron chi connectivity index (χ1n) is 9.84. The van der Waals surface area contributed by atoms with Crippen LogP contribution in [0.15, 0.2) is 6.07 Å². The van der Waals surface area contributed by atoms with Gasteiger partial charge in [0.25, 0.3) is 0 Å². The van der Waals surface area contributed by atoms with Crippen LogP contribution >= 0.6 is 0 Å². The summed E-state index contributed by atoms with van der Waals surface area (Å²) in [6.07, 6.45) is 6.35. The average Bonchev–Trinajstić information content (AvgIpc) is 2.54. The number of phenolic OH excluding ortho intramolecular Hbond substituents is 3. The van der Waals surface area contributed by atoms with Gasteiger partial charge in [-0.1, -0.05) is 33.6 Å². The molecule has 0 radical (unpaired) electrons. The van der Waals surface area contributed by atoms with E-state index in [2.05, 4.69) is 20.8 Å². The number of rotatable bonds is 10. The van der Waals surface area contributed by atoms with Crippen molar-refractivity contribution in [2.45, 2.75) is 86.0 Å². The number of aromatic hydroxyl groups is 3. The highest BCUT2D eigenvalue weighted by molar-refractivity contribution is 5.73. The lowest BCUT2D eigenvalue weighted by Crippen LogP contribution is -2.23. The second kappa shape index (κ2) is 9.34. The predicted molar refractivity (Wildman–Crippen MR) is 107 cm³/mol. The number of carboxylic acid groups (broad SMARTS) is 1. The largest absolute Gasteiger partial charge is 0.504 e. The Labute approximate surface area is 163 Å². The van der Waals surface area contributed by atoms with Gasteiger partial charge in [0.15, 0.2) is 11.5 Å². The third-order valence-corrected chi connectivity index (χ3v) is 5.13. The third-order valence-electron chi connectivity index (χ3n) is 5.13. The van der Waals surface area contributed by atoms with Crippen LogP contribution in [-0.4, -0.2) is 26.4 Å². The SMILES string of the molecule is CC(C)(C)CCCCc1cc(O)c(O)c(O)c1CCCCC(C)(C)C(=O)O. The lowest BCUT2D eigenvalue weighted by atomic mass is 9.86. The molecule has 0 aliphatic carbocycles. The van der Waals surface area contributed by atoms with Gasteiger partial charge in [0.1, 0.15) is 0 Å². The van der Waals surface area contributed by atoms with Crippen LogP contribution in [-0.2, 0) is 17.6 Å². The van der Waals surface area contributed by atoms with E-state index in [0.717, 1.165) is 31.2 Å². The molecule has 0 atom stereocenters. The number of unbranched alkanes of at least 4 members (excludes halogenated alkanes) is 2. The molecule has 0 amide bonds. The summed E-state index contributed by atoms with van der Waals surface area (Å²) in [5.74, 6) is -1.84. The minimum atomic E-state index is -0.813. The Bertz CT molecular complexity index is 641. The molecule has 1 aromatic rings. The second-order valence-electron chi connectivity index (χ2n) is 9.39. The maximum atomic E-state index is 11.2. The van der Waals surface area contributed by atoms with Crippen molar-refractivity contribution in [1.29, 1.82) is 0 Å². The van der Waals surface area contributed by atoms with Gasteiger partial charge in [-0.05, 0) is 69.4 Å². The molecule has 0 fully saturated rings. The number of aliphatic carboxylic acids is 1. The van der Waals surface area contributed by atoms with Crippen LogP contribution in [0.25, 0.3) is 0 Å². The van der Waals surface area contributed by atoms with Crippen molar-refractivity contribution in [2.24, 2.45) is 10.8 Å². The van der Waals surface area contributed by atoms with E-state index in [0.29, 0.717) is 31.2 Å². The third kappa shape index (κ3) is 7.31. The van der Waals surface area contributed by atoms with Gasteiger partial charge in [-0.25, -0.2) is 0 Å². The first kappa shape index (κ1) is 23.1. The van der Waals surface area contributed by atoms with Crippen molar-refractivity contribution >= 4 is 5.97 Å². The molecule has 5 heteroatoms. The fourth-order valence-electron chi connectivity index (χ4n) is 3.19. The summed E-state index contributed by atoms with van der Waals surface area (Å²) in [4.78, 5) is 11.2. The van der Waals surface area contributed by atoms with Crippen LogP contribution in [0, 0.1) is 10.8 Å². The van der Waals surface area contributed by atoms with Gasteiger partial charge in [0.2, 0.25) is 5.75 Å². The monoisotopic (exact) mass is 380 g/mol. The number of hydrogen-bond acceptors (Lipinski definition) is 4. The number of carbonyl (C=O) groups is 1. The molecule has 0 heterocycles. The average molecular weight is 381 g/mol. The zero-order valence-corrected chi connectivity index (χ0v) is 17.4. The van der Waals surface area contributed by atoms with Crippen molar-refractivity contribution in [3.05, 3.63) is 17.2 Å². The van der Waals surface area contributed by atoms with Gasteiger partial charge < -0.3 is 20.4 Å². The van der Waals surface area contributed by atoms with Gasteiger partial charge in [-0.3, -0.25) is 4.79 Å². The van der Waals surface area contributed by atoms with Crippen molar-refractivity contribution in [3.63, 3.8) is 0 Å². The maximum absolute atomic E-state index is 11.2. The van der Waals surface area contributed by atoms with Gasteiger partial charge in [0, 0.05) is 5.56 Å². The molecular weight excluding hydrogens is 344 g/mol. The van der Waals surface area contributed by atoms with Crippen LogP contribution in [0.3, 0.4) is 0 Å². The molecule has 0 bridgehead atoms. The molecule has 0 saturated heterocycles. The van der Waals surface area contributed by atoms with Crippen LogP contribution in [0.1, 0.15) is 84.3 Å². The van der Waals surface area contributed by atoms with Crippen LogP contribution < -0.4 is 0 Å². The summed E-state index contributed by atoms with van der Waals surface area (Å²) in [5, 5.41) is 39.2. The zero-order chi connectivity index (χ0) is 20.8. The smallest absolute Gasteiger partial charge is 0.309 e. The molecule has 0 unspecified atom stereocenters. The Kier molecular flexibility index (Phi) is 8.00. The molecule has 0 aromatic heterocycles. The number of hydrogen-bond donors (Lipinski definition) is 4. The standard InChI is InChI=1S/C22H36O5/c1-21(2,3)12-8-6-10-15-14-17(23)19(25)18(24)16(15)11-7-9-13-22(4,5)20(26)27/h14,23-25H,6-13H2,1-5H3,(H,26,27). The summed E-state index contributed by atoms with van der Waals surface area (Å²) in [7, 11) is 0. The van der Waals surface area contributed by atoms with E-state index in [4.69, 9.17) is 0 Å². The highest BCUT2D eigenvalue weighted by atomic mass is 16.4. The molecule has 0 aliphatic rings. The molecule has 4 N–H and O–H groups in total. The lowest BCUT2D eigenvalue weighted by Gasteiger charge is -2.20. The van der Waals surface area contributed by atoms with Gasteiger partial charge in [-0.15, -0.1) is 0 Å². The quantitative estimate of drug-likeness (QED) is 0.322. The zero-order valence-electron chi connectivity index (χ0n) is 17.4. The normalized spacial score (nSPS) is 12.3. The molecule has 0 aliphatic heterocycles. The van der Waals surface area contributed by atoms with Gasteiger partial charge >= 0.3 is 5.97 Å². The van der Waals surface area contributed by atoms with Crippen molar-refractivity contribution in [2.75, 3.05) is 0 Å². The van der Waals surface area contributed by atoms with E-state index in [1.165, 1.54) is 0 Å². The Morgan fingerprint density at radius 1 is 0.852 bits per heavy atom.